The maximum absolute atomic E-state index is 9.85. The zero-order chi connectivity index (χ0) is 34.2. The SMILES string of the molecule is NCCN.O.O.O.O.O=P(O)(O)CP(=O)(O)O.O=P(O)(O)CP(=O)(O)O.O=P(O)(O)CP(=O)(O)O.O=P(O)(O)CP(=O)(O)O. The molecule has 0 radical (unpaired) electrons. The highest BCUT2D eigenvalue weighted by Crippen LogP contribution is 2.53. The van der Waals surface area contributed by atoms with Crippen LogP contribution < -0.4 is 11.5 Å². The summed E-state index contributed by atoms with van der Waals surface area (Å²) in [5.74, 6) is -5.50. The molecule has 0 rings (SSSR count). The minimum atomic E-state index is -4.55. The predicted octanol–water partition coefficient (Wildman–Crippen LogP) is -7.20. The molecule has 0 aromatic carbocycles. The molecule has 0 amide bonds. The van der Waals surface area contributed by atoms with Gasteiger partial charge in [-0.2, -0.15) is 0 Å². The van der Waals surface area contributed by atoms with Gasteiger partial charge in [0.15, 0.2) is 23.6 Å². The molecule has 0 aliphatic rings. The van der Waals surface area contributed by atoms with Crippen molar-refractivity contribution in [3.8, 4) is 0 Å². The van der Waals surface area contributed by atoms with Crippen LogP contribution in [0.5, 0.6) is 0 Å². The van der Waals surface area contributed by atoms with Crippen molar-refractivity contribution in [2.24, 2.45) is 11.5 Å². The normalized spacial score (nSPS) is 12.0. The Kier molecular flexibility index (Phi) is 41.0. The quantitative estimate of drug-likeness (QED) is 0.0959. The van der Waals surface area contributed by atoms with Gasteiger partial charge < -0.3 is 112 Å². The van der Waals surface area contributed by atoms with Gasteiger partial charge in [0.1, 0.15) is 0 Å². The van der Waals surface area contributed by atoms with E-state index >= 15 is 0 Å². The largest absolute Gasteiger partial charge is 0.412 e. The first-order valence-electron chi connectivity index (χ1n) is 8.51. The molecule has 0 saturated heterocycles. The van der Waals surface area contributed by atoms with Crippen molar-refractivity contribution in [1.29, 1.82) is 0 Å². The Morgan fingerprint density at radius 1 is 0.273 bits per heavy atom. The third-order valence-corrected chi connectivity index (χ3v) is 13.4. The van der Waals surface area contributed by atoms with Crippen LogP contribution in [-0.4, -0.2) is 137 Å². The lowest BCUT2D eigenvalue weighted by molar-refractivity contribution is 0.352. The van der Waals surface area contributed by atoms with E-state index in [0.717, 1.165) is 0 Å². The van der Waals surface area contributed by atoms with Gasteiger partial charge in [-0.15, -0.1) is 0 Å². The highest BCUT2D eigenvalue weighted by Gasteiger charge is 2.28. The van der Waals surface area contributed by atoms with Crippen LogP contribution in [0, 0.1) is 0 Å². The van der Waals surface area contributed by atoms with Gasteiger partial charge in [0, 0.05) is 13.1 Å². The molecule has 0 aliphatic heterocycles. The highest BCUT2D eigenvalue weighted by atomic mass is 31.3. The monoisotopic (exact) mass is 836 g/mol. The number of nitrogens with two attached hydrogens (primary N) is 2. The van der Waals surface area contributed by atoms with Crippen molar-refractivity contribution in [2.45, 2.75) is 0 Å². The van der Waals surface area contributed by atoms with Gasteiger partial charge >= 0.3 is 60.8 Å². The molecule has 0 unspecified atom stereocenters. The molecular formula is C6H40N2O28P8. The van der Waals surface area contributed by atoms with Crippen LogP contribution in [0.3, 0.4) is 0 Å². The lowest BCUT2D eigenvalue weighted by Crippen LogP contribution is -2.11. The first kappa shape index (κ1) is 67.2. The maximum Gasteiger partial charge on any atom is 0.337 e. The lowest BCUT2D eigenvalue weighted by atomic mass is 10.7. The van der Waals surface area contributed by atoms with Crippen LogP contribution in [0.4, 0.5) is 0 Å². The Balaban J connectivity index is -0.0000000495. The summed E-state index contributed by atoms with van der Waals surface area (Å²) < 4.78 is 78.8. The van der Waals surface area contributed by atoms with Gasteiger partial charge in [0.2, 0.25) is 0 Å². The summed E-state index contributed by atoms with van der Waals surface area (Å²) in [5.41, 5.74) is 9.81. The fourth-order valence-corrected chi connectivity index (χ4v) is 8.64. The number of hydrogen-bond acceptors (Lipinski definition) is 10. The van der Waals surface area contributed by atoms with E-state index in [1.165, 1.54) is 0 Å². The molecule has 38 heteroatoms. The van der Waals surface area contributed by atoms with Gasteiger partial charge in [-0.1, -0.05) is 0 Å². The smallest absolute Gasteiger partial charge is 0.337 e. The Labute approximate surface area is 246 Å². The molecule has 0 aromatic heterocycles. The van der Waals surface area contributed by atoms with Gasteiger partial charge in [-0.3, -0.25) is 36.5 Å². The van der Waals surface area contributed by atoms with Crippen molar-refractivity contribution in [1.82, 2.24) is 0 Å². The molecular weight excluding hydrogens is 796 g/mol. The molecule has 0 aromatic rings. The molecule has 0 fully saturated rings. The van der Waals surface area contributed by atoms with E-state index in [-0.39, 0.29) is 21.9 Å². The molecule has 44 heavy (non-hydrogen) atoms. The fraction of sp³-hybridized carbons (Fsp3) is 1.00. The van der Waals surface area contributed by atoms with Crippen molar-refractivity contribution in [3.63, 3.8) is 0 Å². The second-order valence-corrected chi connectivity index (χ2v) is 21.6. The minimum Gasteiger partial charge on any atom is -0.412 e. The summed E-state index contributed by atoms with van der Waals surface area (Å²) in [4.78, 5) is 128. The van der Waals surface area contributed by atoms with Crippen LogP contribution in [0.1, 0.15) is 0 Å². The number of hydrogen-bond donors (Lipinski definition) is 18. The number of rotatable bonds is 9. The zero-order valence-corrected chi connectivity index (χ0v) is 28.6. The molecule has 0 heterocycles. The van der Waals surface area contributed by atoms with Crippen LogP contribution >= 0.6 is 60.8 Å². The van der Waals surface area contributed by atoms with Crippen LogP contribution in [0.15, 0.2) is 0 Å². The summed E-state index contributed by atoms with van der Waals surface area (Å²) in [6, 6.07) is 0. The Bertz CT molecular complexity index is 823. The van der Waals surface area contributed by atoms with Crippen LogP contribution in [0.2, 0.25) is 0 Å². The second-order valence-electron chi connectivity index (χ2n) is 6.46. The van der Waals surface area contributed by atoms with Gasteiger partial charge in [0.05, 0.1) is 0 Å². The van der Waals surface area contributed by atoms with E-state index in [0.29, 0.717) is 13.1 Å². The standard InChI is InChI=1S/C2H8N2.4CH6O6P2.4H2O/c3-1-2-4;4*2-8(3,4)1-9(5,6)7;;;;/h1-4H2;4*1H2,(H2,2,3,4)(H2,5,6,7);4*1H2. The second kappa shape index (κ2) is 26.9. The van der Waals surface area contributed by atoms with E-state index in [2.05, 4.69) is 0 Å². The molecule has 0 aliphatic carbocycles. The highest BCUT2D eigenvalue weighted by molar-refractivity contribution is 7.70. The predicted molar refractivity (Wildman–Crippen MR) is 148 cm³/mol. The maximum atomic E-state index is 9.85. The van der Waals surface area contributed by atoms with Crippen molar-refractivity contribution in [2.75, 3.05) is 36.7 Å². The zero-order valence-electron chi connectivity index (χ0n) is 21.4. The van der Waals surface area contributed by atoms with E-state index in [1.807, 2.05) is 0 Å². The van der Waals surface area contributed by atoms with Gasteiger partial charge in [0.25, 0.3) is 0 Å². The summed E-state index contributed by atoms with van der Waals surface area (Å²) in [5, 5.41) is 0. The van der Waals surface area contributed by atoms with E-state index in [1.54, 1.807) is 0 Å². The summed E-state index contributed by atoms with van der Waals surface area (Å²) >= 11 is 0. The summed E-state index contributed by atoms with van der Waals surface area (Å²) in [6.45, 7) is 1.19. The first-order chi connectivity index (χ1) is 16.7. The Hall–Kier alpha value is 0.960. The minimum absolute atomic E-state index is 0. The molecule has 28 N–H and O–H groups in total. The average molecular weight is 836 g/mol. The molecule has 0 atom stereocenters. The average Bonchev–Trinajstić information content (AvgIpc) is 2.41. The van der Waals surface area contributed by atoms with E-state index in [9.17, 15) is 36.5 Å². The molecule has 30 nitrogen and oxygen atoms in total. The molecule has 282 valence electrons. The van der Waals surface area contributed by atoms with Crippen molar-refractivity contribution >= 4 is 60.8 Å². The van der Waals surface area contributed by atoms with Crippen LogP contribution in [-0.2, 0) is 36.5 Å². The van der Waals surface area contributed by atoms with Crippen LogP contribution in [0.25, 0.3) is 0 Å². The van der Waals surface area contributed by atoms with E-state index < -0.39 is 84.4 Å². The lowest BCUT2D eigenvalue weighted by Gasteiger charge is -2.03. The summed E-state index contributed by atoms with van der Waals surface area (Å²) in [6.07, 6.45) is 0. The third kappa shape index (κ3) is 112. The van der Waals surface area contributed by atoms with Crippen molar-refractivity contribution in [3.05, 3.63) is 0 Å². The first-order valence-corrected chi connectivity index (χ1v) is 22.9. The topological polar surface area (TPSA) is 638 Å². The van der Waals surface area contributed by atoms with Gasteiger partial charge in [-0.25, -0.2) is 0 Å². The molecule has 0 spiro atoms. The van der Waals surface area contributed by atoms with Gasteiger partial charge in [-0.05, 0) is 0 Å². The van der Waals surface area contributed by atoms with E-state index in [4.69, 9.17) is 89.8 Å². The van der Waals surface area contributed by atoms with Crippen molar-refractivity contribution < 1.29 is 137 Å². The summed E-state index contributed by atoms with van der Waals surface area (Å²) in [7, 11) is -36.4. The Morgan fingerprint density at radius 2 is 0.341 bits per heavy atom. The molecule has 0 saturated carbocycles. The third-order valence-electron chi connectivity index (χ3n) is 1.64. The fourth-order valence-electron chi connectivity index (χ4n) is 0.960. The molecule has 0 bridgehead atoms. The Morgan fingerprint density at radius 3 is 0.341 bits per heavy atom.